The van der Waals surface area contributed by atoms with Crippen molar-refractivity contribution in [3.8, 4) is 0 Å². The Morgan fingerprint density at radius 2 is 1.95 bits per heavy atom. The van der Waals surface area contributed by atoms with Gasteiger partial charge in [0.2, 0.25) is 0 Å². The minimum Gasteiger partial charge on any atom is -0.472 e. The van der Waals surface area contributed by atoms with Gasteiger partial charge in [-0.25, -0.2) is 0 Å². The highest BCUT2D eigenvalue weighted by Crippen LogP contribution is 2.20. The molecular weight excluding hydrogens is 248 g/mol. The molecule has 1 atom stereocenters. The van der Waals surface area contributed by atoms with E-state index >= 15 is 0 Å². The summed E-state index contributed by atoms with van der Waals surface area (Å²) in [6, 6.07) is 11.2. The summed E-state index contributed by atoms with van der Waals surface area (Å²) in [5.74, 6) is 0. The van der Waals surface area contributed by atoms with Gasteiger partial charge in [0.15, 0.2) is 0 Å². The quantitative estimate of drug-likeness (QED) is 0.826. The second-order valence-electron chi connectivity index (χ2n) is 5.26. The smallest absolute Gasteiger partial charge is 0.0952 e. The summed E-state index contributed by atoms with van der Waals surface area (Å²) in [6.07, 6.45) is 4.67. The van der Waals surface area contributed by atoms with Gasteiger partial charge in [-0.1, -0.05) is 19.1 Å². The predicted octanol–water partition coefficient (Wildman–Crippen LogP) is 3.98. The van der Waals surface area contributed by atoms with Crippen LogP contribution in [0.4, 0.5) is 5.69 Å². The molecule has 0 fully saturated rings. The zero-order chi connectivity index (χ0) is 14.4. The summed E-state index contributed by atoms with van der Waals surface area (Å²) < 4.78 is 5.10. The minimum absolute atomic E-state index is 0.406. The van der Waals surface area contributed by atoms with Crippen LogP contribution in [0.2, 0.25) is 0 Å². The molecule has 1 aromatic heterocycles. The van der Waals surface area contributed by atoms with Gasteiger partial charge in [0, 0.05) is 30.9 Å². The Morgan fingerprint density at radius 3 is 2.55 bits per heavy atom. The lowest BCUT2D eigenvalue weighted by molar-refractivity contribution is 0.563. The van der Waals surface area contributed by atoms with Crippen LogP contribution in [0, 0.1) is 0 Å². The van der Waals surface area contributed by atoms with Crippen molar-refractivity contribution >= 4 is 5.69 Å². The summed E-state index contributed by atoms with van der Waals surface area (Å²) in [6.45, 7) is 6.32. The largest absolute Gasteiger partial charge is 0.472 e. The Kier molecular flexibility index (Phi) is 5.24. The van der Waals surface area contributed by atoms with Gasteiger partial charge in [0.05, 0.1) is 12.5 Å². The minimum atomic E-state index is 0.406. The van der Waals surface area contributed by atoms with Crippen molar-refractivity contribution in [3.05, 3.63) is 54.0 Å². The van der Waals surface area contributed by atoms with Gasteiger partial charge >= 0.3 is 0 Å². The van der Waals surface area contributed by atoms with Crippen LogP contribution in [-0.4, -0.2) is 13.6 Å². The Hall–Kier alpha value is -1.74. The lowest BCUT2D eigenvalue weighted by Gasteiger charge is -2.20. The van der Waals surface area contributed by atoms with Crippen molar-refractivity contribution in [1.29, 1.82) is 0 Å². The number of benzene rings is 1. The number of hydrogen-bond acceptors (Lipinski definition) is 3. The third kappa shape index (κ3) is 3.87. The first-order valence-electron chi connectivity index (χ1n) is 7.26. The molecule has 0 amide bonds. The molecule has 20 heavy (non-hydrogen) atoms. The number of hydrogen-bond donors (Lipinski definition) is 1. The molecule has 1 N–H and O–H groups in total. The molecule has 0 radical (unpaired) electrons. The molecule has 0 aliphatic rings. The first-order valence-corrected chi connectivity index (χ1v) is 7.26. The van der Waals surface area contributed by atoms with E-state index in [1.165, 1.54) is 16.8 Å². The van der Waals surface area contributed by atoms with E-state index in [1.807, 2.05) is 6.07 Å². The second kappa shape index (κ2) is 7.15. The number of nitrogens with zero attached hydrogens (tertiary/aromatic N) is 1. The third-order valence-electron chi connectivity index (χ3n) is 3.53. The van der Waals surface area contributed by atoms with Crippen LogP contribution in [-0.2, 0) is 6.54 Å². The molecule has 2 aromatic rings. The fourth-order valence-corrected chi connectivity index (χ4v) is 2.24. The summed E-state index contributed by atoms with van der Waals surface area (Å²) >= 11 is 0. The van der Waals surface area contributed by atoms with Crippen LogP contribution < -0.4 is 10.2 Å². The van der Waals surface area contributed by atoms with E-state index in [1.54, 1.807) is 12.5 Å². The first-order chi connectivity index (χ1) is 9.70. The zero-order valence-electron chi connectivity index (χ0n) is 12.6. The van der Waals surface area contributed by atoms with Crippen LogP contribution in [0.3, 0.4) is 0 Å². The van der Waals surface area contributed by atoms with Gasteiger partial charge in [-0.2, -0.15) is 0 Å². The monoisotopic (exact) mass is 272 g/mol. The highest BCUT2D eigenvalue weighted by molar-refractivity contribution is 5.47. The number of anilines is 1. The normalized spacial score (nSPS) is 12.3. The molecule has 0 saturated heterocycles. The second-order valence-corrected chi connectivity index (χ2v) is 5.26. The lowest BCUT2D eigenvalue weighted by atomic mass is 10.1. The topological polar surface area (TPSA) is 28.4 Å². The highest BCUT2D eigenvalue weighted by Gasteiger charge is 2.06. The molecule has 0 aliphatic heterocycles. The molecular formula is C17H24N2O. The predicted molar refractivity (Wildman–Crippen MR) is 84.0 cm³/mol. The van der Waals surface area contributed by atoms with Crippen molar-refractivity contribution in [3.63, 3.8) is 0 Å². The Bertz CT molecular complexity index is 490. The number of rotatable bonds is 7. The molecule has 1 aromatic carbocycles. The van der Waals surface area contributed by atoms with E-state index in [4.69, 9.17) is 4.42 Å². The average molecular weight is 272 g/mol. The molecule has 108 valence electrons. The van der Waals surface area contributed by atoms with Crippen LogP contribution in [0.25, 0.3) is 0 Å². The molecule has 0 spiro atoms. The van der Waals surface area contributed by atoms with Crippen molar-refractivity contribution in [2.24, 2.45) is 0 Å². The van der Waals surface area contributed by atoms with Crippen LogP contribution in [0.15, 0.2) is 47.3 Å². The number of furan rings is 1. The van der Waals surface area contributed by atoms with Crippen molar-refractivity contribution < 1.29 is 4.42 Å². The average Bonchev–Trinajstić information content (AvgIpc) is 2.97. The van der Waals surface area contributed by atoms with Gasteiger partial charge in [-0.3, -0.25) is 0 Å². The summed E-state index contributed by atoms with van der Waals surface area (Å²) in [5, 5.41) is 3.51. The van der Waals surface area contributed by atoms with Crippen LogP contribution in [0.5, 0.6) is 0 Å². The van der Waals surface area contributed by atoms with Gasteiger partial charge in [0.1, 0.15) is 0 Å². The van der Waals surface area contributed by atoms with E-state index in [0.29, 0.717) is 6.04 Å². The van der Waals surface area contributed by atoms with E-state index in [9.17, 15) is 0 Å². The molecule has 1 unspecified atom stereocenters. The summed E-state index contributed by atoms with van der Waals surface area (Å²) in [4.78, 5) is 2.22. The Balaban J connectivity index is 1.96. The van der Waals surface area contributed by atoms with Gasteiger partial charge < -0.3 is 14.6 Å². The Labute approximate surface area is 121 Å². The maximum Gasteiger partial charge on any atom is 0.0952 e. The maximum absolute atomic E-state index is 5.10. The van der Waals surface area contributed by atoms with Crippen molar-refractivity contribution in [1.82, 2.24) is 5.32 Å². The molecule has 2 rings (SSSR count). The fourth-order valence-electron chi connectivity index (χ4n) is 2.24. The molecule has 0 saturated carbocycles. The van der Waals surface area contributed by atoms with Crippen molar-refractivity contribution in [2.45, 2.75) is 32.9 Å². The van der Waals surface area contributed by atoms with Crippen molar-refractivity contribution in [2.75, 3.05) is 18.5 Å². The van der Waals surface area contributed by atoms with E-state index in [-0.39, 0.29) is 0 Å². The van der Waals surface area contributed by atoms with E-state index in [0.717, 1.165) is 19.5 Å². The fraction of sp³-hybridized carbons (Fsp3) is 0.412. The summed E-state index contributed by atoms with van der Waals surface area (Å²) in [7, 11) is 2.10. The highest BCUT2D eigenvalue weighted by atomic mass is 16.3. The third-order valence-corrected chi connectivity index (χ3v) is 3.53. The molecule has 3 heteroatoms. The number of nitrogens with one attached hydrogen (secondary N) is 1. The molecule has 1 heterocycles. The molecule has 0 aliphatic carbocycles. The van der Waals surface area contributed by atoms with Gasteiger partial charge in [-0.15, -0.1) is 0 Å². The first kappa shape index (κ1) is 14.7. The lowest BCUT2D eigenvalue weighted by Crippen LogP contribution is -2.19. The summed E-state index contributed by atoms with van der Waals surface area (Å²) in [5.41, 5.74) is 3.74. The Morgan fingerprint density at radius 1 is 1.20 bits per heavy atom. The SMILES string of the molecule is CCCNC(C)c1ccc(N(C)Cc2ccoc2)cc1. The van der Waals surface area contributed by atoms with Gasteiger partial charge in [0.25, 0.3) is 0 Å². The van der Waals surface area contributed by atoms with Gasteiger partial charge in [-0.05, 0) is 43.7 Å². The van der Waals surface area contributed by atoms with Crippen LogP contribution in [0.1, 0.15) is 37.4 Å². The molecule has 0 bridgehead atoms. The standard InChI is InChI=1S/C17H24N2O/c1-4-10-18-14(2)16-5-7-17(8-6-16)19(3)12-15-9-11-20-13-15/h5-9,11,13-14,18H,4,10,12H2,1-3H3. The van der Waals surface area contributed by atoms with E-state index in [2.05, 4.69) is 55.4 Å². The zero-order valence-corrected chi connectivity index (χ0v) is 12.6. The molecule has 3 nitrogen and oxygen atoms in total. The van der Waals surface area contributed by atoms with E-state index < -0.39 is 0 Å². The van der Waals surface area contributed by atoms with Crippen LogP contribution >= 0.6 is 0 Å². The maximum atomic E-state index is 5.10.